The van der Waals surface area contributed by atoms with Crippen LogP contribution in [0.3, 0.4) is 0 Å². The molecule has 140 valence electrons. The first kappa shape index (κ1) is 21.5. The van der Waals surface area contributed by atoms with Gasteiger partial charge in [-0.05, 0) is 31.8 Å². The van der Waals surface area contributed by atoms with Gasteiger partial charge in [0.15, 0.2) is 0 Å². The molecule has 0 heterocycles. The second-order valence-corrected chi connectivity index (χ2v) is 8.16. The van der Waals surface area contributed by atoms with Crippen molar-refractivity contribution in [1.82, 2.24) is 10.6 Å². The summed E-state index contributed by atoms with van der Waals surface area (Å²) < 4.78 is 0. The average Bonchev–Trinajstić information content (AvgIpc) is 2.86. The summed E-state index contributed by atoms with van der Waals surface area (Å²) in [5, 5.41) is 24.3. The first-order valence-electron chi connectivity index (χ1n) is 7.75. The monoisotopic (exact) mass is 380 g/mol. The molecule has 0 aromatic rings. The molecule has 0 bridgehead atoms. The van der Waals surface area contributed by atoms with Gasteiger partial charge in [-0.2, -0.15) is 11.8 Å². The van der Waals surface area contributed by atoms with Crippen LogP contribution in [0, 0.1) is 0 Å². The first-order chi connectivity index (χ1) is 11.2. The van der Waals surface area contributed by atoms with Crippen molar-refractivity contribution in [2.75, 3.05) is 25.6 Å². The molecule has 1 aliphatic carbocycles. The van der Waals surface area contributed by atoms with Crippen LogP contribution in [0.25, 0.3) is 0 Å². The third-order valence-corrected chi connectivity index (χ3v) is 6.37. The molecule has 0 amide bonds. The lowest BCUT2D eigenvalue weighted by Crippen LogP contribution is -2.59. The second-order valence-electron chi connectivity index (χ2n) is 6.08. The number of nitrogens with two attached hydrogens (primary N) is 2. The Kier molecular flexibility index (Phi) is 8.82. The molecule has 0 aromatic carbocycles. The van der Waals surface area contributed by atoms with Gasteiger partial charge < -0.3 is 21.7 Å². The molecule has 10 heteroatoms. The molecule has 0 spiro atoms. The van der Waals surface area contributed by atoms with Crippen LogP contribution >= 0.6 is 23.5 Å². The van der Waals surface area contributed by atoms with E-state index in [-0.39, 0.29) is 29.3 Å². The summed E-state index contributed by atoms with van der Waals surface area (Å²) in [6.07, 6.45) is 5.33. The number of aliphatic carboxylic acids is 2. The van der Waals surface area contributed by atoms with Crippen LogP contribution in [0.2, 0.25) is 0 Å². The molecule has 8 nitrogen and oxygen atoms in total. The molecule has 1 aliphatic rings. The van der Waals surface area contributed by atoms with Gasteiger partial charge in [0.2, 0.25) is 0 Å². The van der Waals surface area contributed by atoms with Gasteiger partial charge in [0.05, 0.1) is 11.9 Å². The summed E-state index contributed by atoms with van der Waals surface area (Å²) in [6.45, 7) is 0.204. The van der Waals surface area contributed by atoms with E-state index in [2.05, 4.69) is 10.6 Å². The van der Waals surface area contributed by atoms with Crippen molar-refractivity contribution in [2.45, 2.75) is 47.5 Å². The number of carboxylic acid groups (broad SMARTS) is 2. The Morgan fingerprint density at radius 3 is 2.54 bits per heavy atom. The highest BCUT2D eigenvalue weighted by Crippen LogP contribution is 2.37. The Bertz CT molecular complexity index is 443. The minimum Gasteiger partial charge on any atom is -0.480 e. The van der Waals surface area contributed by atoms with Crippen molar-refractivity contribution in [3.8, 4) is 0 Å². The molecule has 0 radical (unpaired) electrons. The SMILES string of the molecule is CSC(CC(N)CNC1(C(=O)O)CC(N)CC1SC)NCC(=O)O. The quantitative estimate of drug-likeness (QED) is 0.255. The zero-order valence-corrected chi connectivity index (χ0v) is 15.7. The second kappa shape index (κ2) is 9.83. The lowest BCUT2D eigenvalue weighted by atomic mass is 9.96. The molecule has 24 heavy (non-hydrogen) atoms. The molecular formula is C14H28N4O4S2. The molecular weight excluding hydrogens is 352 g/mol. The van der Waals surface area contributed by atoms with E-state index >= 15 is 0 Å². The van der Waals surface area contributed by atoms with E-state index in [1.165, 1.54) is 23.5 Å². The maximum absolute atomic E-state index is 11.9. The molecule has 0 aliphatic heterocycles. The fraction of sp³-hybridized carbons (Fsp3) is 0.857. The number of nitrogens with one attached hydrogen (secondary N) is 2. The Balaban J connectivity index is 2.60. The fourth-order valence-corrected chi connectivity index (χ4v) is 4.84. The Hall–Kier alpha value is -0.520. The lowest BCUT2D eigenvalue weighted by Gasteiger charge is -2.33. The van der Waals surface area contributed by atoms with Gasteiger partial charge in [-0.15, -0.1) is 11.8 Å². The first-order valence-corrected chi connectivity index (χ1v) is 10.3. The summed E-state index contributed by atoms with van der Waals surface area (Å²) in [5.74, 6) is -1.82. The Morgan fingerprint density at radius 2 is 2.04 bits per heavy atom. The van der Waals surface area contributed by atoms with E-state index in [0.717, 1.165) is 0 Å². The van der Waals surface area contributed by atoms with Crippen molar-refractivity contribution in [1.29, 1.82) is 0 Å². The molecule has 1 fully saturated rings. The summed E-state index contributed by atoms with van der Waals surface area (Å²) in [5.41, 5.74) is 11.0. The van der Waals surface area contributed by atoms with Crippen LogP contribution < -0.4 is 22.1 Å². The highest BCUT2D eigenvalue weighted by Gasteiger charge is 2.51. The van der Waals surface area contributed by atoms with E-state index in [0.29, 0.717) is 25.8 Å². The number of hydrogen-bond donors (Lipinski definition) is 6. The van der Waals surface area contributed by atoms with Crippen LogP contribution in [0.4, 0.5) is 0 Å². The topological polar surface area (TPSA) is 151 Å². The normalized spacial score (nSPS) is 29.3. The van der Waals surface area contributed by atoms with Crippen molar-refractivity contribution in [2.24, 2.45) is 11.5 Å². The van der Waals surface area contributed by atoms with Gasteiger partial charge in [-0.25, -0.2) is 0 Å². The van der Waals surface area contributed by atoms with Gasteiger partial charge in [0.25, 0.3) is 0 Å². The third kappa shape index (κ3) is 5.78. The zero-order valence-electron chi connectivity index (χ0n) is 14.0. The summed E-state index contributed by atoms with van der Waals surface area (Å²) in [7, 11) is 0. The van der Waals surface area contributed by atoms with Gasteiger partial charge >= 0.3 is 11.9 Å². The maximum Gasteiger partial charge on any atom is 0.325 e. The molecule has 5 unspecified atom stereocenters. The van der Waals surface area contributed by atoms with Crippen LogP contribution in [0.5, 0.6) is 0 Å². The van der Waals surface area contributed by atoms with Crippen molar-refractivity contribution < 1.29 is 19.8 Å². The number of carboxylic acids is 2. The summed E-state index contributed by atoms with van der Waals surface area (Å²) in [6, 6.07) is -0.433. The van der Waals surface area contributed by atoms with Crippen LogP contribution in [-0.2, 0) is 9.59 Å². The standard InChI is InChI=1S/C14H28N4O4S2/c1-23-10-3-8(15)5-14(10,13(21)22)18-6-9(16)4-11(24-2)17-7-12(19)20/h8-11,17-18H,3-7,15-16H2,1-2H3,(H,19,20)(H,21,22). The van der Waals surface area contributed by atoms with Crippen LogP contribution in [0.15, 0.2) is 0 Å². The predicted molar refractivity (Wildman–Crippen MR) is 98.4 cm³/mol. The van der Waals surface area contributed by atoms with Gasteiger partial charge in [-0.1, -0.05) is 0 Å². The number of thioether (sulfide) groups is 2. The van der Waals surface area contributed by atoms with Gasteiger partial charge in [0.1, 0.15) is 5.54 Å². The minimum atomic E-state index is -1.06. The highest BCUT2D eigenvalue weighted by atomic mass is 32.2. The maximum atomic E-state index is 11.9. The van der Waals surface area contributed by atoms with Crippen molar-refractivity contribution in [3.63, 3.8) is 0 Å². The molecule has 1 rings (SSSR count). The molecule has 1 saturated carbocycles. The minimum absolute atomic E-state index is 0.0964. The largest absolute Gasteiger partial charge is 0.480 e. The molecule has 5 atom stereocenters. The van der Waals surface area contributed by atoms with Crippen molar-refractivity contribution in [3.05, 3.63) is 0 Å². The predicted octanol–water partition coefficient (Wildman–Crippen LogP) is -0.667. The zero-order chi connectivity index (χ0) is 18.3. The average molecular weight is 381 g/mol. The third-order valence-electron chi connectivity index (χ3n) is 4.28. The Labute approximate surface area is 150 Å². The van der Waals surface area contributed by atoms with Crippen LogP contribution in [0.1, 0.15) is 19.3 Å². The fourth-order valence-electron chi connectivity index (χ4n) is 3.02. The van der Waals surface area contributed by atoms with E-state index < -0.39 is 17.5 Å². The highest BCUT2D eigenvalue weighted by molar-refractivity contribution is 7.99. The van der Waals surface area contributed by atoms with E-state index in [4.69, 9.17) is 16.6 Å². The van der Waals surface area contributed by atoms with Crippen LogP contribution in [-0.4, -0.2) is 76.0 Å². The van der Waals surface area contributed by atoms with E-state index in [1.54, 1.807) is 0 Å². The van der Waals surface area contributed by atoms with Gasteiger partial charge in [0, 0.05) is 23.9 Å². The number of carbonyl (C=O) groups is 2. The summed E-state index contributed by atoms with van der Waals surface area (Å²) in [4.78, 5) is 22.5. The molecule has 0 aromatic heterocycles. The Morgan fingerprint density at radius 1 is 1.38 bits per heavy atom. The lowest BCUT2D eigenvalue weighted by molar-refractivity contribution is -0.144. The summed E-state index contributed by atoms with van der Waals surface area (Å²) >= 11 is 2.99. The van der Waals surface area contributed by atoms with Crippen molar-refractivity contribution >= 4 is 35.5 Å². The van der Waals surface area contributed by atoms with E-state index in [1.807, 2.05) is 12.5 Å². The number of rotatable bonds is 11. The molecule has 8 N–H and O–H groups in total. The van der Waals surface area contributed by atoms with E-state index in [9.17, 15) is 14.7 Å². The smallest absolute Gasteiger partial charge is 0.325 e. The van der Waals surface area contributed by atoms with Gasteiger partial charge in [-0.3, -0.25) is 20.2 Å². The molecule has 0 saturated heterocycles. The number of hydrogen-bond acceptors (Lipinski definition) is 8.